The van der Waals surface area contributed by atoms with Crippen molar-refractivity contribution in [3.8, 4) is 11.1 Å². The fourth-order valence-corrected chi connectivity index (χ4v) is 1.93. The van der Waals surface area contributed by atoms with Gasteiger partial charge in [-0.1, -0.05) is 12.1 Å². The summed E-state index contributed by atoms with van der Waals surface area (Å²) in [7, 11) is 0. The lowest BCUT2D eigenvalue weighted by Crippen LogP contribution is -1.93. The second-order valence-electron chi connectivity index (χ2n) is 4.27. The second-order valence-corrected chi connectivity index (χ2v) is 4.27. The molecule has 92 valence electrons. The first kappa shape index (κ1) is 12.4. The number of halogens is 2. The van der Waals surface area contributed by atoms with Crippen LogP contribution in [0.4, 0.5) is 8.78 Å². The standard InChI is InChI=1S/C15H12F2O/c1-9-5-11(8-18)3-4-12(9)13-6-10(2)14(16)7-15(13)17/h3-8H,1-2H3. The maximum Gasteiger partial charge on any atom is 0.150 e. The molecule has 18 heavy (non-hydrogen) atoms. The quantitative estimate of drug-likeness (QED) is 0.730. The van der Waals surface area contributed by atoms with Crippen molar-refractivity contribution >= 4 is 6.29 Å². The molecule has 0 heterocycles. The van der Waals surface area contributed by atoms with Crippen LogP contribution in [-0.2, 0) is 0 Å². The van der Waals surface area contributed by atoms with Gasteiger partial charge in [0, 0.05) is 17.2 Å². The zero-order valence-corrected chi connectivity index (χ0v) is 10.1. The number of aldehydes is 1. The van der Waals surface area contributed by atoms with Crippen LogP contribution in [0.1, 0.15) is 21.5 Å². The molecule has 0 amide bonds. The van der Waals surface area contributed by atoms with Gasteiger partial charge in [0.15, 0.2) is 0 Å². The summed E-state index contributed by atoms with van der Waals surface area (Å²) in [5.41, 5.74) is 2.73. The van der Waals surface area contributed by atoms with Crippen molar-refractivity contribution in [2.45, 2.75) is 13.8 Å². The largest absolute Gasteiger partial charge is 0.298 e. The van der Waals surface area contributed by atoms with Crippen LogP contribution in [0.15, 0.2) is 30.3 Å². The summed E-state index contributed by atoms with van der Waals surface area (Å²) >= 11 is 0. The van der Waals surface area contributed by atoms with Gasteiger partial charge in [-0.3, -0.25) is 4.79 Å². The number of rotatable bonds is 2. The van der Waals surface area contributed by atoms with Crippen LogP contribution in [0, 0.1) is 25.5 Å². The van der Waals surface area contributed by atoms with Crippen molar-refractivity contribution in [3.63, 3.8) is 0 Å². The first-order chi connectivity index (χ1) is 8.52. The monoisotopic (exact) mass is 246 g/mol. The molecule has 0 saturated carbocycles. The van der Waals surface area contributed by atoms with Crippen LogP contribution in [0.25, 0.3) is 11.1 Å². The highest BCUT2D eigenvalue weighted by molar-refractivity contribution is 5.78. The van der Waals surface area contributed by atoms with Gasteiger partial charge in [0.25, 0.3) is 0 Å². The summed E-state index contributed by atoms with van der Waals surface area (Å²) in [6.07, 6.45) is 0.739. The summed E-state index contributed by atoms with van der Waals surface area (Å²) < 4.78 is 27.0. The van der Waals surface area contributed by atoms with Crippen molar-refractivity contribution < 1.29 is 13.6 Å². The smallest absolute Gasteiger partial charge is 0.150 e. The number of carbonyl (C=O) groups excluding carboxylic acids is 1. The van der Waals surface area contributed by atoms with Crippen molar-refractivity contribution in [3.05, 3.63) is 58.7 Å². The Kier molecular flexibility index (Phi) is 3.24. The van der Waals surface area contributed by atoms with Gasteiger partial charge in [0.1, 0.15) is 17.9 Å². The van der Waals surface area contributed by atoms with Crippen LogP contribution in [0.2, 0.25) is 0 Å². The first-order valence-corrected chi connectivity index (χ1v) is 5.55. The molecule has 0 aliphatic rings. The predicted octanol–water partition coefficient (Wildman–Crippen LogP) is 4.06. The molecule has 0 bridgehead atoms. The maximum atomic E-state index is 13.8. The number of benzene rings is 2. The molecule has 0 saturated heterocycles. The zero-order chi connectivity index (χ0) is 13.3. The van der Waals surface area contributed by atoms with Gasteiger partial charge in [-0.25, -0.2) is 8.78 Å². The Balaban J connectivity index is 2.62. The lowest BCUT2D eigenvalue weighted by atomic mass is 9.97. The Morgan fingerprint density at radius 1 is 0.889 bits per heavy atom. The van der Waals surface area contributed by atoms with Gasteiger partial charge in [-0.15, -0.1) is 0 Å². The fourth-order valence-electron chi connectivity index (χ4n) is 1.93. The fraction of sp³-hybridized carbons (Fsp3) is 0.133. The average molecular weight is 246 g/mol. The molecular weight excluding hydrogens is 234 g/mol. The Morgan fingerprint density at radius 2 is 1.61 bits per heavy atom. The molecule has 0 N–H and O–H groups in total. The summed E-state index contributed by atoms with van der Waals surface area (Å²) in [6.45, 7) is 3.38. The van der Waals surface area contributed by atoms with Crippen LogP contribution in [0.3, 0.4) is 0 Å². The molecule has 0 aromatic heterocycles. The molecule has 0 radical (unpaired) electrons. The summed E-state index contributed by atoms with van der Waals surface area (Å²) in [5.74, 6) is -1.15. The molecule has 0 fully saturated rings. The third-order valence-corrected chi connectivity index (χ3v) is 2.93. The predicted molar refractivity (Wildman–Crippen MR) is 66.7 cm³/mol. The van der Waals surface area contributed by atoms with E-state index in [0.717, 1.165) is 17.9 Å². The Bertz CT molecular complexity index is 618. The van der Waals surface area contributed by atoms with Crippen LogP contribution in [-0.4, -0.2) is 6.29 Å². The van der Waals surface area contributed by atoms with Crippen molar-refractivity contribution in [1.82, 2.24) is 0 Å². The Hall–Kier alpha value is -2.03. The first-order valence-electron chi connectivity index (χ1n) is 5.55. The van der Waals surface area contributed by atoms with E-state index in [1.165, 1.54) is 6.07 Å². The molecule has 0 aliphatic carbocycles. The van der Waals surface area contributed by atoms with Crippen molar-refractivity contribution in [1.29, 1.82) is 0 Å². The van der Waals surface area contributed by atoms with Crippen LogP contribution >= 0.6 is 0 Å². The number of hydrogen-bond donors (Lipinski definition) is 0. The minimum Gasteiger partial charge on any atom is -0.298 e. The molecule has 0 aliphatic heterocycles. The average Bonchev–Trinajstić information content (AvgIpc) is 2.34. The van der Waals surface area contributed by atoms with E-state index in [9.17, 15) is 13.6 Å². The molecule has 2 aromatic carbocycles. The van der Waals surface area contributed by atoms with E-state index < -0.39 is 11.6 Å². The molecule has 0 unspecified atom stereocenters. The number of aryl methyl sites for hydroxylation is 2. The number of hydrogen-bond acceptors (Lipinski definition) is 1. The van der Waals surface area contributed by atoms with Gasteiger partial charge < -0.3 is 0 Å². The SMILES string of the molecule is Cc1cc(-c2ccc(C=O)cc2C)c(F)cc1F. The molecule has 0 spiro atoms. The van der Waals surface area contributed by atoms with Crippen molar-refractivity contribution in [2.24, 2.45) is 0 Å². The van der Waals surface area contributed by atoms with Gasteiger partial charge in [-0.2, -0.15) is 0 Å². The van der Waals surface area contributed by atoms with Crippen molar-refractivity contribution in [2.75, 3.05) is 0 Å². The number of carbonyl (C=O) groups is 1. The third-order valence-electron chi connectivity index (χ3n) is 2.93. The molecule has 3 heteroatoms. The van der Waals surface area contributed by atoms with E-state index in [1.54, 1.807) is 32.0 Å². The normalized spacial score (nSPS) is 10.4. The highest BCUT2D eigenvalue weighted by Crippen LogP contribution is 2.28. The van der Waals surface area contributed by atoms with E-state index in [-0.39, 0.29) is 0 Å². The summed E-state index contributed by atoms with van der Waals surface area (Å²) in [6, 6.07) is 7.34. The van der Waals surface area contributed by atoms with E-state index >= 15 is 0 Å². The van der Waals surface area contributed by atoms with E-state index in [0.29, 0.717) is 22.3 Å². The molecule has 1 nitrogen and oxygen atoms in total. The van der Waals surface area contributed by atoms with Gasteiger partial charge in [0.2, 0.25) is 0 Å². The van der Waals surface area contributed by atoms with E-state index in [4.69, 9.17) is 0 Å². The molecule has 2 rings (SSSR count). The van der Waals surface area contributed by atoms with Gasteiger partial charge >= 0.3 is 0 Å². The van der Waals surface area contributed by atoms with Gasteiger partial charge in [-0.05, 0) is 42.7 Å². The molecule has 2 aromatic rings. The van der Waals surface area contributed by atoms with E-state index in [1.807, 2.05) is 0 Å². The topological polar surface area (TPSA) is 17.1 Å². The molecular formula is C15H12F2O. The lowest BCUT2D eigenvalue weighted by molar-refractivity contribution is 0.112. The van der Waals surface area contributed by atoms with Gasteiger partial charge in [0.05, 0.1) is 0 Å². The lowest BCUT2D eigenvalue weighted by Gasteiger charge is -2.09. The van der Waals surface area contributed by atoms with E-state index in [2.05, 4.69) is 0 Å². The maximum absolute atomic E-state index is 13.8. The Labute approximate surface area is 104 Å². The zero-order valence-electron chi connectivity index (χ0n) is 10.1. The van der Waals surface area contributed by atoms with Crippen LogP contribution < -0.4 is 0 Å². The minimum absolute atomic E-state index is 0.351. The second kappa shape index (κ2) is 4.69. The highest BCUT2D eigenvalue weighted by atomic mass is 19.1. The highest BCUT2D eigenvalue weighted by Gasteiger charge is 2.11. The Morgan fingerprint density at radius 3 is 2.22 bits per heavy atom. The summed E-state index contributed by atoms with van der Waals surface area (Å²) in [5, 5.41) is 0. The molecule has 0 atom stereocenters. The summed E-state index contributed by atoms with van der Waals surface area (Å²) in [4.78, 5) is 10.6. The minimum atomic E-state index is -0.597. The third kappa shape index (κ3) is 2.16. The van der Waals surface area contributed by atoms with Crippen LogP contribution in [0.5, 0.6) is 0 Å².